The van der Waals surface area contributed by atoms with E-state index >= 15 is 0 Å². The number of benzene rings is 1. The Morgan fingerprint density at radius 3 is 2.47 bits per heavy atom. The van der Waals surface area contributed by atoms with E-state index in [1.807, 2.05) is 30.3 Å². The normalized spacial score (nSPS) is 9.60. The molecule has 15 heavy (non-hydrogen) atoms. The third kappa shape index (κ3) is 5.75. The maximum absolute atomic E-state index is 5.43. The van der Waals surface area contributed by atoms with Crippen molar-refractivity contribution in [2.75, 3.05) is 26.4 Å². The summed E-state index contributed by atoms with van der Waals surface area (Å²) < 4.78 is 15.6. The standard InChI is InChI=1S/C12H16O3/c1-2-13-8-9-14-10-11-15-12-6-4-3-5-7-12/h2-7H,1,8-11H2. The van der Waals surface area contributed by atoms with Crippen molar-refractivity contribution >= 4 is 0 Å². The Balaban J connectivity index is 1.95. The molecule has 1 aromatic rings. The molecule has 0 radical (unpaired) electrons. The lowest BCUT2D eigenvalue weighted by Crippen LogP contribution is -2.09. The number of rotatable bonds is 8. The van der Waals surface area contributed by atoms with Crippen molar-refractivity contribution in [3.8, 4) is 5.75 Å². The summed E-state index contributed by atoms with van der Waals surface area (Å²) in [7, 11) is 0. The Bertz CT molecular complexity index is 259. The number of hydrogen-bond donors (Lipinski definition) is 0. The monoisotopic (exact) mass is 208 g/mol. The molecule has 1 rings (SSSR count). The summed E-state index contributed by atoms with van der Waals surface area (Å²) in [6, 6.07) is 9.67. The molecular weight excluding hydrogens is 192 g/mol. The fraction of sp³-hybridized carbons (Fsp3) is 0.333. The van der Waals surface area contributed by atoms with Crippen molar-refractivity contribution in [1.82, 2.24) is 0 Å². The minimum Gasteiger partial charge on any atom is -0.499 e. The van der Waals surface area contributed by atoms with Crippen LogP contribution in [-0.2, 0) is 9.47 Å². The summed E-state index contributed by atoms with van der Waals surface area (Å²) in [5.74, 6) is 0.864. The SMILES string of the molecule is C=COCCOCCOc1ccccc1. The predicted molar refractivity (Wildman–Crippen MR) is 58.9 cm³/mol. The summed E-state index contributed by atoms with van der Waals surface area (Å²) in [6.07, 6.45) is 1.41. The maximum Gasteiger partial charge on any atom is 0.119 e. The Morgan fingerprint density at radius 2 is 1.73 bits per heavy atom. The highest BCUT2D eigenvalue weighted by Gasteiger charge is 1.91. The van der Waals surface area contributed by atoms with E-state index in [1.54, 1.807) is 0 Å². The van der Waals surface area contributed by atoms with Gasteiger partial charge in [-0.15, -0.1) is 0 Å². The molecule has 1 aromatic carbocycles. The van der Waals surface area contributed by atoms with Crippen molar-refractivity contribution < 1.29 is 14.2 Å². The van der Waals surface area contributed by atoms with Gasteiger partial charge in [0.1, 0.15) is 19.0 Å². The van der Waals surface area contributed by atoms with Crippen molar-refractivity contribution in [2.24, 2.45) is 0 Å². The van der Waals surface area contributed by atoms with E-state index in [0.717, 1.165) is 5.75 Å². The molecule has 0 bridgehead atoms. The lowest BCUT2D eigenvalue weighted by molar-refractivity contribution is 0.0654. The van der Waals surface area contributed by atoms with Crippen LogP contribution in [0.15, 0.2) is 43.2 Å². The van der Waals surface area contributed by atoms with Gasteiger partial charge in [-0.1, -0.05) is 24.8 Å². The lowest BCUT2D eigenvalue weighted by atomic mass is 10.3. The molecule has 0 N–H and O–H groups in total. The molecule has 0 atom stereocenters. The van der Waals surface area contributed by atoms with Crippen LogP contribution in [-0.4, -0.2) is 26.4 Å². The number of para-hydroxylation sites is 1. The Morgan fingerprint density at radius 1 is 1.00 bits per heavy atom. The molecule has 0 heterocycles. The zero-order chi connectivity index (χ0) is 10.8. The molecule has 0 aliphatic carbocycles. The fourth-order valence-electron chi connectivity index (χ4n) is 1.03. The second-order valence-electron chi connectivity index (χ2n) is 2.81. The van der Waals surface area contributed by atoms with Crippen LogP contribution in [0.3, 0.4) is 0 Å². The number of ether oxygens (including phenoxy) is 3. The Kier molecular flexibility index (Phi) is 6.09. The zero-order valence-corrected chi connectivity index (χ0v) is 8.72. The van der Waals surface area contributed by atoms with E-state index in [-0.39, 0.29) is 0 Å². The molecule has 0 saturated heterocycles. The molecule has 3 nitrogen and oxygen atoms in total. The van der Waals surface area contributed by atoms with E-state index in [9.17, 15) is 0 Å². The van der Waals surface area contributed by atoms with Crippen LogP contribution in [0.4, 0.5) is 0 Å². The lowest BCUT2D eigenvalue weighted by Gasteiger charge is -2.06. The van der Waals surface area contributed by atoms with Crippen LogP contribution in [0.1, 0.15) is 0 Å². The van der Waals surface area contributed by atoms with Gasteiger partial charge in [-0.05, 0) is 12.1 Å². The van der Waals surface area contributed by atoms with Crippen molar-refractivity contribution in [2.45, 2.75) is 0 Å². The third-order valence-corrected chi connectivity index (χ3v) is 1.70. The molecule has 0 unspecified atom stereocenters. The largest absolute Gasteiger partial charge is 0.499 e. The maximum atomic E-state index is 5.43. The first kappa shape index (κ1) is 11.6. The first-order chi connectivity index (χ1) is 7.43. The highest BCUT2D eigenvalue weighted by molar-refractivity contribution is 5.20. The summed E-state index contributed by atoms with van der Waals surface area (Å²) in [5, 5.41) is 0. The van der Waals surface area contributed by atoms with Crippen molar-refractivity contribution in [1.29, 1.82) is 0 Å². The Hall–Kier alpha value is -1.48. The van der Waals surface area contributed by atoms with Crippen LogP contribution in [0.5, 0.6) is 5.75 Å². The van der Waals surface area contributed by atoms with E-state index in [0.29, 0.717) is 26.4 Å². The molecular formula is C12H16O3. The first-order valence-corrected chi connectivity index (χ1v) is 4.91. The van der Waals surface area contributed by atoms with Crippen LogP contribution < -0.4 is 4.74 Å². The van der Waals surface area contributed by atoms with Crippen molar-refractivity contribution in [3.63, 3.8) is 0 Å². The molecule has 0 aliphatic rings. The quantitative estimate of drug-likeness (QED) is 0.484. The van der Waals surface area contributed by atoms with Crippen LogP contribution in [0.25, 0.3) is 0 Å². The Labute approximate surface area is 90.3 Å². The van der Waals surface area contributed by atoms with Crippen LogP contribution in [0.2, 0.25) is 0 Å². The minimum atomic E-state index is 0.537. The van der Waals surface area contributed by atoms with Crippen LogP contribution >= 0.6 is 0 Å². The van der Waals surface area contributed by atoms with E-state index in [2.05, 4.69) is 6.58 Å². The molecule has 82 valence electrons. The van der Waals surface area contributed by atoms with Gasteiger partial charge in [0.15, 0.2) is 0 Å². The molecule has 0 amide bonds. The van der Waals surface area contributed by atoms with Gasteiger partial charge < -0.3 is 14.2 Å². The molecule has 0 saturated carbocycles. The van der Waals surface area contributed by atoms with Crippen molar-refractivity contribution in [3.05, 3.63) is 43.2 Å². The fourth-order valence-corrected chi connectivity index (χ4v) is 1.03. The smallest absolute Gasteiger partial charge is 0.119 e. The number of hydrogen-bond acceptors (Lipinski definition) is 3. The van der Waals surface area contributed by atoms with Gasteiger partial charge in [-0.2, -0.15) is 0 Å². The van der Waals surface area contributed by atoms with Gasteiger partial charge in [0, 0.05) is 0 Å². The minimum absolute atomic E-state index is 0.537. The first-order valence-electron chi connectivity index (χ1n) is 4.91. The topological polar surface area (TPSA) is 27.7 Å². The molecule has 0 fully saturated rings. The molecule has 0 spiro atoms. The summed E-state index contributed by atoms with van der Waals surface area (Å²) in [6.45, 7) is 5.65. The van der Waals surface area contributed by atoms with Gasteiger partial charge in [-0.25, -0.2) is 0 Å². The molecule has 0 aromatic heterocycles. The van der Waals surface area contributed by atoms with E-state index in [4.69, 9.17) is 14.2 Å². The highest BCUT2D eigenvalue weighted by atomic mass is 16.5. The van der Waals surface area contributed by atoms with Gasteiger partial charge in [0.2, 0.25) is 0 Å². The summed E-state index contributed by atoms with van der Waals surface area (Å²) in [5.41, 5.74) is 0. The van der Waals surface area contributed by atoms with Gasteiger partial charge >= 0.3 is 0 Å². The van der Waals surface area contributed by atoms with E-state index in [1.165, 1.54) is 6.26 Å². The molecule has 3 heteroatoms. The second kappa shape index (κ2) is 7.88. The summed E-state index contributed by atoms with van der Waals surface area (Å²) in [4.78, 5) is 0. The second-order valence-corrected chi connectivity index (χ2v) is 2.81. The van der Waals surface area contributed by atoms with E-state index < -0.39 is 0 Å². The van der Waals surface area contributed by atoms with Gasteiger partial charge in [-0.3, -0.25) is 0 Å². The van der Waals surface area contributed by atoms with Crippen LogP contribution in [0, 0.1) is 0 Å². The van der Waals surface area contributed by atoms with Gasteiger partial charge in [0.25, 0.3) is 0 Å². The zero-order valence-electron chi connectivity index (χ0n) is 8.72. The highest BCUT2D eigenvalue weighted by Crippen LogP contribution is 2.07. The summed E-state index contributed by atoms with van der Waals surface area (Å²) >= 11 is 0. The average Bonchev–Trinajstić information content (AvgIpc) is 2.29. The average molecular weight is 208 g/mol. The predicted octanol–water partition coefficient (Wildman–Crippen LogP) is 2.24. The third-order valence-electron chi connectivity index (χ3n) is 1.70. The van der Waals surface area contributed by atoms with Gasteiger partial charge in [0.05, 0.1) is 19.5 Å². The molecule has 0 aliphatic heterocycles.